The second-order valence-corrected chi connectivity index (χ2v) is 4.71. The molecule has 1 atom stereocenters. The number of pyridine rings is 1. The molecule has 2 aromatic rings. The van der Waals surface area contributed by atoms with E-state index >= 15 is 0 Å². The summed E-state index contributed by atoms with van der Waals surface area (Å²) in [5.74, 6) is 0.816. The number of ether oxygens (including phenoxy) is 1. The van der Waals surface area contributed by atoms with Gasteiger partial charge in [-0.25, -0.2) is 0 Å². The standard InChI is InChI=1S/C17H22N2O/c1-4-19-13(3)16-8-6-7-9-17(16)14-10-15(20-5-2)12-18-11-14/h6-13,19H,4-5H2,1-3H3. The molecule has 20 heavy (non-hydrogen) atoms. The lowest BCUT2D eigenvalue weighted by molar-refractivity contribution is 0.339. The minimum absolute atomic E-state index is 0.312. The molecule has 0 amide bonds. The summed E-state index contributed by atoms with van der Waals surface area (Å²) in [6.45, 7) is 7.89. The first-order valence-corrected chi connectivity index (χ1v) is 7.16. The van der Waals surface area contributed by atoms with E-state index in [9.17, 15) is 0 Å². The van der Waals surface area contributed by atoms with Crippen molar-refractivity contribution in [2.75, 3.05) is 13.2 Å². The number of hydrogen-bond donors (Lipinski definition) is 1. The van der Waals surface area contributed by atoms with Crippen LogP contribution in [-0.4, -0.2) is 18.1 Å². The molecule has 1 aromatic heterocycles. The normalized spacial score (nSPS) is 12.2. The minimum atomic E-state index is 0.312. The Morgan fingerprint density at radius 3 is 2.75 bits per heavy atom. The van der Waals surface area contributed by atoms with Crippen LogP contribution in [0.15, 0.2) is 42.7 Å². The van der Waals surface area contributed by atoms with Crippen LogP contribution in [-0.2, 0) is 0 Å². The Kier molecular flexibility index (Phi) is 5.13. The third-order valence-electron chi connectivity index (χ3n) is 3.27. The molecule has 3 heteroatoms. The smallest absolute Gasteiger partial charge is 0.138 e. The van der Waals surface area contributed by atoms with Crippen molar-refractivity contribution in [3.8, 4) is 16.9 Å². The van der Waals surface area contributed by atoms with Crippen LogP contribution in [0, 0.1) is 0 Å². The Hall–Kier alpha value is -1.87. The van der Waals surface area contributed by atoms with Crippen LogP contribution in [0.25, 0.3) is 11.1 Å². The van der Waals surface area contributed by atoms with Crippen LogP contribution in [0.5, 0.6) is 5.75 Å². The van der Waals surface area contributed by atoms with E-state index in [2.05, 4.69) is 48.4 Å². The maximum Gasteiger partial charge on any atom is 0.138 e. The highest BCUT2D eigenvalue weighted by atomic mass is 16.5. The molecule has 2 rings (SSSR count). The molecular formula is C17H22N2O. The minimum Gasteiger partial charge on any atom is -0.492 e. The Morgan fingerprint density at radius 1 is 1.20 bits per heavy atom. The van der Waals surface area contributed by atoms with E-state index in [0.717, 1.165) is 17.9 Å². The largest absolute Gasteiger partial charge is 0.492 e. The summed E-state index contributed by atoms with van der Waals surface area (Å²) in [5, 5.41) is 3.46. The van der Waals surface area contributed by atoms with Crippen molar-refractivity contribution in [3.05, 3.63) is 48.3 Å². The van der Waals surface area contributed by atoms with E-state index in [-0.39, 0.29) is 0 Å². The zero-order chi connectivity index (χ0) is 14.4. The van der Waals surface area contributed by atoms with Crippen LogP contribution in [0.2, 0.25) is 0 Å². The summed E-state index contributed by atoms with van der Waals surface area (Å²) in [5.41, 5.74) is 3.58. The van der Waals surface area contributed by atoms with Crippen molar-refractivity contribution >= 4 is 0 Å². The van der Waals surface area contributed by atoms with Gasteiger partial charge in [0.15, 0.2) is 0 Å². The van der Waals surface area contributed by atoms with Crippen molar-refractivity contribution in [2.24, 2.45) is 0 Å². The average Bonchev–Trinajstić information content (AvgIpc) is 2.48. The summed E-state index contributed by atoms with van der Waals surface area (Å²) in [4.78, 5) is 4.28. The molecule has 106 valence electrons. The molecule has 1 heterocycles. The van der Waals surface area contributed by atoms with E-state index in [1.165, 1.54) is 11.1 Å². The average molecular weight is 270 g/mol. The van der Waals surface area contributed by atoms with Crippen LogP contribution in [0.4, 0.5) is 0 Å². The fourth-order valence-electron chi connectivity index (χ4n) is 2.37. The number of nitrogens with one attached hydrogen (secondary N) is 1. The van der Waals surface area contributed by atoms with Crippen molar-refractivity contribution in [2.45, 2.75) is 26.8 Å². The topological polar surface area (TPSA) is 34.2 Å². The fourth-order valence-corrected chi connectivity index (χ4v) is 2.37. The van der Waals surface area contributed by atoms with Crippen molar-refractivity contribution < 1.29 is 4.74 Å². The second-order valence-electron chi connectivity index (χ2n) is 4.71. The molecule has 0 spiro atoms. The molecule has 0 saturated carbocycles. The number of hydrogen-bond acceptors (Lipinski definition) is 3. The van der Waals surface area contributed by atoms with Crippen molar-refractivity contribution in [1.82, 2.24) is 10.3 Å². The first kappa shape index (κ1) is 14.5. The van der Waals surface area contributed by atoms with Crippen LogP contribution in [0.3, 0.4) is 0 Å². The van der Waals surface area contributed by atoms with E-state index in [4.69, 9.17) is 4.74 Å². The lowest BCUT2D eigenvalue weighted by atomic mass is 9.96. The summed E-state index contributed by atoms with van der Waals surface area (Å²) in [7, 11) is 0. The summed E-state index contributed by atoms with van der Waals surface area (Å²) in [6, 6.07) is 10.8. The van der Waals surface area contributed by atoms with E-state index in [1.807, 2.05) is 19.2 Å². The molecule has 0 radical (unpaired) electrons. The van der Waals surface area contributed by atoms with E-state index in [0.29, 0.717) is 12.6 Å². The maximum atomic E-state index is 5.54. The molecular weight excluding hydrogens is 248 g/mol. The quantitative estimate of drug-likeness (QED) is 0.866. The Balaban J connectivity index is 2.39. The predicted octanol–water partition coefficient (Wildman–Crippen LogP) is 3.82. The second kappa shape index (κ2) is 7.06. The number of benzene rings is 1. The zero-order valence-corrected chi connectivity index (χ0v) is 12.4. The predicted molar refractivity (Wildman–Crippen MR) is 82.9 cm³/mol. The van der Waals surface area contributed by atoms with Gasteiger partial charge in [0, 0.05) is 17.8 Å². The maximum absolute atomic E-state index is 5.54. The molecule has 1 aromatic carbocycles. The van der Waals surface area contributed by atoms with Crippen LogP contribution < -0.4 is 10.1 Å². The molecule has 0 aliphatic rings. The van der Waals surface area contributed by atoms with Gasteiger partial charge in [0.1, 0.15) is 5.75 Å². The van der Waals surface area contributed by atoms with Gasteiger partial charge in [-0.15, -0.1) is 0 Å². The fraction of sp³-hybridized carbons (Fsp3) is 0.353. The van der Waals surface area contributed by atoms with Gasteiger partial charge in [0.05, 0.1) is 12.8 Å². The third kappa shape index (κ3) is 3.36. The highest BCUT2D eigenvalue weighted by molar-refractivity contribution is 5.68. The van der Waals surface area contributed by atoms with Crippen LogP contribution >= 0.6 is 0 Å². The highest BCUT2D eigenvalue weighted by Gasteiger charge is 2.11. The van der Waals surface area contributed by atoms with Gasteiger partial charge in [0.25, 0.3) is 0 Å². The van der Waals surface area contributed by atoms with Gasteiger partial charge in [0.2, 0.25) is 0 Å². The first-order chi connectivity index (χ1) is 9.76. The molecule has 0 aliphatic heterocycles. The first-order valence-electron chi connectivity index (χ1n) is 7.16. The molecule has 1 unspecified atom stereocenters. The summed E-state index contributed by atoms with van der Waals surface area (Å²) < 4.78 is 5.54. The number of aromatic nitrogens is 1. The zero-order valence-electron chi connectivity index (χ0n) is 12.4. The van der Waals surface area contributed by atoms with Crippen molar-refractivity contribution in [1.29, 1.82) is 0 Å². The SMILES string of the molecule is CCNC(C)c1ccccc1-c1cncc(OCC)c1. The Labute approximate surface area is 121 Å². The summed E-state index contributed by atoms with van der Waals surface area (Å²) in [6.07, 6.45) is 3.64. The lowest BCUT2D eigenvalue weighted by Crippen LogP contribution is -2.18. The van der Waals surface area contributed by atoms with Crippen LogP contribution in [0.1, 0.15) is 32.4 Å². The van der Waals surface area contributed by atoms with Gasteiger partial charge < -0.3 is 10.1 Å². The van der Waals surface area contributed by atoms with E-state index < -0.39 is 0 Å². The molecule has 0 aliphatic carbocycles. The summed E-state index contributed by atoms with van der Waals surface area (Å²) >= 11 is 0. The Bertz CT molecular complexity index is 554. The number of rotatable bonds is 6. The van der Waals surface area contributed by atoms with Crippen molar-refractivity contribution in [3.63, 3.8) is 0 Å². The van der Waals surface area contributed by atoms with Gasteiger partial charge >= 0.3 is 0 Å². The molecule has 0 saturated heterocycles. The van der Waals surface area contributed by atoms with Gasteiger partial charge in [-0.05, 0) is 37.6 Å². The highest BCUT2D eigenvalue weighted by Crippen LogP contribution is 2.29. The third-order valence-corrected chi connectivity index (χ3v) is 3.27. The monoisotopic (exact) mass is 270 g/mol. The molecule has 0 fully saturated rings. The molecule has 1 N–H and O–H groups in total. The van der Waals surface area contributed by atoms with Gasteiger partial charge in [-0.3, -0.25) is 4.98 Å². The molecule has 0 bridgehead atoms. The molecule has 3 nitrogen and oxygen atoms in total. The Morgan fingerprint density at radius 2 is 2.00 bits per heavy atom. The van der Waals surface area contributed by atoms with Gasteiger partial charge in [-0.2, -0.15) is 0 Å². The lowest BCUT2D eigenvalue weighted by Gasteiger charge is -2.17. The van der Waals surface area contributed by atoms with Gasteiger partial charge in [-0.1, -0.05) is 31.2 Å². The van der Waals surface area contributed by atoms with E-state index in [1.54, 1.807) is 6.20 Å². The number of nitrogens with zero attached hydrogens (tertiary/aromatic N) is 1.